The third-order valence-corrected chi connectivity index (χ3v) is 3.33. The van der Waals surface area contributed by atoms with Gasteiger partial charge in [-0.3, -0.25) is 4.90 Å². The van der Waals surface area contributed by atoms with Crippen molar-refractivity contribution in [1.82, 2.24) is 4.90 Å². The number of rotatable bonds is 4. The lowest BCUT2D eigenvalue weighted by Crippen LogP contribution is -2.42. The van der Waals surface area contributed by atoms with Crippen LogP contribution in [0.1, 0.15) is 17.5 Å². The Hall–Kier alpha value is -1.11. The number of halogens is 3. The summed E-state index contributed by atoms with van der Waals surface area (Å²) in [4.78, 5) is 2.05. The number of hydrogen-bond acceptors (Lipinski definition) is 3. The van der Waals surface area contributed by atoms with Crippen LogP contribution in [0.15, 0.2) is 24.3 Å². The summed E-state index contributed by atoms with van der Waals surface area (Å²) in [6, 6.07) is 5.41. The third kappa shape index (κ3) is 4.19. The first-order valence-electron chi connectivity index (χ1n) is 6.60. The number of aliphatic hydroxyl groups excluding tert-OH is 1. The Kier molecular flexibility index (Phi) is 5.01. The number of benzene rings is 1. The summed E-state index contributed by atoms with van der Waals surface area (Å²) in [5.41, 5.74) is 0.0274. The van der Waals surface area contributed by atoms with Crippen LogP contribution in [-0.4, -0.2) is 42.4 Å². The van der Waals surface area contributed by atoms with Crippen molar-refractivity contribution in [2.24, 2.45) is 0 Å². The highest BCUT2D eigenvalue weighted by molar-refractivity contribution is 5.25. The first-order valence-corrected chi connectivity index (χ1v) is 6.60. The Balaban J connectivity index is 1.99. The molecule has 0 radical (unpaired) electrons. The van der Waals surface area contributed by atoms with Gasteiger partial charge in [0.15, 0.2) is 0 Å². The molecule has 1 heterocycles. The van der Waals surface area contributed by atoms with Gasteiger partial charge in [0.05, 0.1) is 18.3 Å². The first-order chi connectivity index (χ1) is 9.49. The maximum absolute atomic E-state index is 12.6. The highest BCUT2D eigenvalue weighted by atomic mass is 19.4. The predicted octanol–water partition coefficient (Wildman–Crippen LogP) is 2.29. The molecule has 0 spiro atoms. The van der Waals surface area contributed by atoms with E-state index in [-0.39, 0.29) is 12.7 Å². The van der Waals surface area contributed by atoms with E-state index in [1.807, 2.05) is 0 Å². The van der Waals surface area contributed by atoms with Gasteiger partial charge in [-0.25, -0.2) is 0 Å². The van der Waals surface area contributed by atoms with Crippen LogP contribution < -0.4 is 0 Å². The maximum Gasteiger partial charge on any atom is 0.416 e. The van der Waals surface area contributed by atoms with Crippen LogP contribution in [0.2, 0.25) is 0 Å². The van der Waals surface area contributed by atoms with E-state index in [0.717, 1.165) is 6.07 Å². The van der Waals surface area contributed by atoms with Crippen LogP contribution in [-0.2, 0) is 17.5 Å². The molecule has 0 aromatic heterocycles. The molecule has 1 aliphatic rings. The van der Waals surface area contributed by atoms with Crippen molar-refractivity contribution in [2.45, 2.75) is 25.2 Å². The summed E-state index contributed by atoms with van der Waals surface area (Å²) in [7, 11) is 0. The van der Waals surface area contributed by atoms with Crippen LogP contribution in [0.25, 0.3) is 0 Å². The molecule has 1 saturated heterocycles. The average molecular weight is 289 g/mol. The largest absolute Gasteiger partial charge is 0.416 e. The van der Waals surface area contributed by atoms with Crippen LogP contribution in [0.4, 0.5) is 13.2 Å². The van der Waals surface area contributed by atoms with E-state index in [1.165, 1.54) is 12.1 Å². The fraction of sp³-hybridized carbons (Fsp3) is 0.571. The van der Waals surface area contributed by atoms with Gasteiger partial charge < -0.3 is 9.84 Å². The Morgan fingerprint density at radius 3 is 2.85 bits per heavy atom. The van der Waals surface area contributed by atoms with E-state index in [9.17, 15) is 13.2 Å². The summed E-state index contributed by atoms with van der Waals surface area (Å²) >= 11 is 0. The number of hydrogen-bond donors (Lipinski definition) is 1. The molecule has 1 aromatic carbocycles. The molecular weight excluding hydrogens is 271 g/mol. The zero-order valence-electron chi connectivity index (χ0n) is 11.1. The molecule has 1 atom stereocenters. The van der Waals surface area contributed by atoms with Gasteiger partial charge in [-0.15, -0.1) is 0 Å². The van der Waals surface area contributed by atoms with Crippen LogP contribution in [0, 0.1) is 0 Å². The lowest BCUT2D eigenvalue weighted by molar-refractivity contribution is -0.137. The summed E-state index contributed by atoms with van der Waals surface area (Å²) in [5, 5.41) is 8.90. The topological polar surface area (TPSA) is 32.7 Å². The maximum atomic E-state index is 12.6. The molecule has 20 heavy (non-hydrogen) atoms. The van der Waals surface area contributed by atoms with Crippen molar-refractivity contribution < 1.29 is 23.0 Å². The van der Waals surface area contributed by atoms with Gasteiger partial charge in [-0.05, 0) is 18.1 Å². The monoisotopic (exact) mass is 289 g/mol. The fourth-order valence-corrected chi connectivity index (χ4v) is 2.35. The Labute approximate surface area is 116 Å². The van der Waals surface area contributed by atoms with Gasteiger partial charge in [0.2, 0.25) is 0 Å². The second-order valence-corrected chi connectivity index (χ2v) is 4.94. The molecule has 1 N–H and O–H groups in total. The summed E-state index contributed by atoms with van der Waals surface area (Å²) < 4.78 is 43.4. The Bertz CT molecular complexity index is 435. The van der Waals surface area contributed by atoms with Crippen molar-refractivity contribution in [1.29, 1.82) is 0 Å². The summed E-state index contributed by atoms with van der Waals surface area (Å²) in [6.45, 7) is 2.40. The van der Waals surface area contributed by atoms with Crippen LogP contribution in [0.3, 0.4) is 0 Å². The van der Waals surface area contributed by atoms with E-state index in [2.05, 4.69) is 4.90 Å². The Morgan fingerprint density at radius 1 is 1.35 bits per heavy atom. The number of ether oxygens (including phenoxy) is 1. The van der Waals surface area contributed by atoms with Crippen LogP contribution >= 0.6 is 0 Å². The predicted molar refractivity (Wildman–Crippen MR) is 68.2 cm³/mol. The average Bonchev–Trinajstić information content (AvgIpc) is 2.39. The fourth-order valence-electron chi connectivity index (χ4n) is 2.35. The molecule has 1 aliphatic heterocycles. The zero-order chi connectivity index (χ0) is 14.6. The number of alkyl halides is 3. The van der Waals surface area contributed by atoms with Crippen molar-refractivity contribution in [3.8, 4) is 0 Å². The van der Waals surface area contributed by atoms with Gasteiger partial charge >= 0.3 is 6.18 Å². The van der Waals surface area contributed by atoms with E-state index in [4.69, 9.17) is 9.84 Å². The van der Waals surface area contributed by atoms with E-state index < -0.39 is 11.7 Å². The number of nitrogens with zero attached hydrogens (tertiary/aromatic N) is 1. The van der Waals surface area contributed by atoms with Gasteiger partial charge in [0.1, 0.15) is 0 Å². The van der Waals surface area contributed by atoms with E-state index >= 15 is 0 Å². The smallest absolute Gasteiger partial charge is 0.396 e. The molecule has 1 fully saturated rings. The molecule has 0 bridgehead atoms. The SMILES string of the molecule is OCCC1CN(Cc2cccc(C(F)(F)F)c2)CCO1. The van der Waals surface area contributed by atoms with Crippen molar-refractivity contribution in [3.63, 3.8) is 0 Å². The second-order valence-electron chi connectivity index (χ2n) is 4.94. The quantitative estimate of drug-likeness (QED) is 0.923. The van der Waals surface area contributed by atoms with E-state index in [1.54, 1.807) is 6.07 Å². The van der Waals surface area contributed by atoms with Crippen molar-refractivity contribution in [2.75, 3.05) is 26.3 Å². The van der Waals surface area contributed by atoms with Gasteiger partial charge in [0, 0.05) is 26.2 Å². The molecule has 6 heteroatoms. The van der Waals surface area contributed by atoms with Gasteiger partial charge in [-0.1, -0.05) is 18.2 Å². The molecule has 112 valence electrons. The lowest BCUT2D eigenvalue weighted by Gasteiger charge is -2.32. The standard InChI is InChI=1S/C14H18F3NO2/c15-14(16,17)12-3-1-2-11(8-12)9-18-5-7-20-13(10-18)4-6-19/h1-3,8,13,19H,4-7,9-10H2. The molecule has 0 saturated carbocycles. The number of morpholine rings is 1. The first kappa shape index (κ1) is 15.3. The highest BCUT2D eigenvalue weighted by Crippen LogP contribution is 2.29. The minimum absolute atomic E-state index is 0.0421. The Morgan fingerprint density at radius 2 is 2.15 bits per heavy atom. The van der Waals surface area contributed by atoms with Crippen molar-refractivity contribution in [3.05, 3.63) is 35.4 Å². The lowest BCUT2D eigenvalue weighted by atomic mass is 10.1. The molecule has 3 nitrogen and oxygen atoms in total. The number of aliphatic hydroxyl groups is 1. The minimum Gasteiger partial charge on any atom is -0.396 e. The minimum atomic E-state index is -4.31. The van der Waals surface area contributed by atoms with Gasteiger partial charge in [0.25, 0.3) is 0 Å². The zero-order valence-corrected chi connectivity index (χ0v) is 11.1. The third-order valence-electron chi connectivity index (χ3n) is 3.33. The molecular formula is C14H18F3NO2. The van der Waals surface area contributed by atoms with Crippen LogP contribution in [0.5, 0.6) is 0 Å². The molecule has 1 unspecified atom stereocenters. The molecule has 1 aromatic rings. The van der Waals surface area contributed by atoms with E-state index in [0.29, 0.717) is 38.2 Å². The second kappa shape index (κ2) is 6.56. The molecule has 2 rings (SSSR count). The highest BCUT2D eigenvalue weighted by Gasteiger charge is 2.30. The molecule has 0 amide bonds. The van der Waals surface area contributed by atoms with Gasteiger partial charge in [-0.2, -0.15) is 13.2 Å². The van der Waals surface area contributed by atoms with Crippen molar-refractivity contribution >= 4 is 0 Å². The summed E-state index contributed by atoms with van der Waals surface area (Å²) in [5.74, 6) is 0. The summed E-state index contributed by atoms with van der Waals surface area (Å²) in [6.07, 6.45) is -3.79. The normalized spacial score (nSPS) is 21.1. The molecule has 0 aliphatic carbocycles.